The Balaban J connectivity index is 2.49. The van der Waals surface area contributed by atoms with Crippen molar-refractivity contribution in [3.63, 3.8) is 0 Å². The standard InChI is InChI=1S/C10H9BrOS/c1-13-6-9-5-7-4-8(11)2-3-10(7)12-9/h2-5H,6H2,1H3. The van der Waals surface area contributed by atoms with Crippen molar-refractivity contribution < 1.29 is 4.42 Å². The topological polar surface area (TPSA) is 13.1 Å². The van der Waals surface area contributed by atoms with Crippen LogP contribution in [0.3, 0.4) is 0 Å². The average Bonchev–Trinajstić information content (AvgIpc) is 2.46. The van der Waals surface area contributed by atoms with E-state index in [1.54, 1.807) is 11.8 Å². The summed E-state index contributed by atoms with van der Waals surface area (Å²) in [7, 11) is 0. The second-order valence-corrected chi connectivity index (χ2v) is 4.61. The van der Waals surface area contributed by atoms with Crippen LogP contribution in [-0.2, 0) is 5.75 Å². The summed E-state index contributed by atoms with van der Waals surface area (Å²) in [5.41, 5.74) is 0.965. The van der Waals surface area contributed by atoms with Gasteiger partial charge in [-0.1, -0.05) is 15.9 Å². The van der Waals surface area contributed by atoms with E-state index in [0.29, 0.717) is 0 Å². The van der Waals surface area contributed by atoms with Crippen LogP contribution in [0.15, 0.2) is 33.2 Å². The monoisotopic (exact) mass is 256 g/mol. The molecule has 0 aliphatic rings. The first-order valence-electron chi connectivity index (χ1n) is 3.96. The van der Waals surface area contributed by atoms with Crippen molar-refractivity contribution in [1.29, 1.82) is 0 Å². The normalized spacial score (nSPS) is 10.9. The SMILES string of the molecule is CSCc1cc2cc(Br)ccc2o1. The highest BCUT2D eigenvalue weighted by Crippen LogP contribution is 2.24. The molecule has 0 aliphatic heterocycles. The molecule has 2 aromatic rings. The van der Waals surface area contributed by atoms with Gasteiger partial charge < -0.3 is 4.42 Å². The Morgan fingerprint density at radius 2 is 2.23 bits per heavy atom. The molecule has 0 spiro atoms. The fraction of sp³-hybridized carbons (Fsp3) is 0.200. The van der Waals surface area contributed by atoms with E-state index >= 15 is 0 Å². The van der Waals surface area contributed by atoms with Crippen LogP contribution in [0.25, 0.3) is 11.0 Å². The van der Waals surface area contributed by atoms with E-state index in [1.165, 1.54) is 5.39 Å². The molecule has 0 radical (unpaired) electrons. The van der Waals surface area contributed by atoms with E-state index in [9.17, 15) is 0 Å². The van der Waals surface area contributed by atoms with Crippen molar-refractivity contribution in [2.75, 3.05) is 6.26 Å². The summed E-state index contributed by atoms with van der Waals surface area (Å²) in [4.78, 5) is 0. The third kappa shape index (κ3) is 1.92. The minimum Gasteiger partial charge on any atom is -0.460 e. The van der Waals surface area contributed by atoms with Gasteiger partial charge in [0.2, 0.25) is 0 Å². The Labute approximate surface area is 89.6 Å². The number of thioether (sulfide) groups is 1. The number of benzene rings is 1. The number of halogens is 1. The minimum atomic E-state index is 0.937. The summed E-state index contributed by atoms with van der Waals surface area (Å²) >= 11 is 5.20. The highest BCUT2D eigenvalue weighted by molar-refractivity contribution is 9.10. The Morgan fingerprint density at radius 3 is 3.00 bits per heavy atom. The van der Waals surface area contributed by atoms with Gasteiger partial charge in [0, 0.05) is 9.86 Å². The molecule has 0 atom stereocenters. The van der Waals surface area contributed by atoms with Gasteiger partial charge in [-0.3, -0.25) is 0 Å². The highest BCUT2D eigenvalue weighted by Gasteiger charge is 2.02. The summed E-state index contributed by atoms with van der Waals surface area (Å²) in [6.07, 6.45) is 2.07. The molecular formula is C10H9BrOS. The third-order valence-electron chi connectivity index (χ3n) is 1.82. The zero-order valence-electron chi connectivity index (χ0n) is 7.21. The van der Waals surface area contributed by atoms with Crippen molar-refractivity contribution in [2.45, 2.75) is 5.75 Å². The molecule has 68 valence electrons. The molecule has 0 N–H and O–H groups in total. The van der Waals surface area contributed by atoms with Gasteiger partial charge in [-0.2, -0.15) is 11.8 Å². The van der Waals surface area contributed by atoms with Crippen LogP contribution in [0.1, 0.15) is 5.76 Å². The molecule has 0 bridgehead atoms. The fourth-order valence-corrected chi connectivity index (χ4v) is 2.09. The smallest absolute Gasteiger partial charge is 0.134 e. The summed E-state index contributed by atoms with van der Waals surface area (Å²) < 4.78 is 6.72. The molecule has 2 rings (SSSR count). The lowest BCUT2D eigenvalue weighted by Crippen LogP contribution is -1.69. The third-order valence-corrected chi connectivity index (χ3v) is 2.88. The van der Waals surface area contributed by atoms with Gasteiger partial charge in [0.25, 0.3) is 0 Å². The van der Waals surface area contributed by atoms with Crippen LogP contribution < -0.4 is 0 Å². The van der Waals surface area contributed by atoms with E-state index in [1.807, 2.05) is 12.1 Å². The summed E-state index contributed by atoms with van der Waals surface area (Å²) in [6.45, 7) is 0. The van der Waals surface area contributed by atoms with E-state index in [0.717, 1.165) is 21.6 Å². The van der Waals surface area contributed by atoms with Crippen molar-refractivity contribution >= 4 is 38.7 Å². The van der Waals surface area contributed by atoms with Crippen LogP contribution >= 0.6 is 27.7 Å². The quantitative estimate of drug-likeness (QED) is 0.804. The van der Waals surface area contributed by atoms with Crippen molar-refractivity contribution in [1.82, 2.24) is 0 Å². The first-order valence-corrected chi connectivity index (χ1v) is 6.15. The van der Waals surface area contributed by atoms with E-state index in [-0.39, 0.29) is 0 Å². The minimum absolute atomic E-state index is 0.937. The molecule has 1 nitrogen and oxygen atoms in total. The van der Waals surface area contributed by atoms with Crippen LogP contribution in [0.5, 0.6) is 0 Å². The molecule has 1 heterocycles. The second-order valence-electron chi connectivity index (χ2n) is 2.83. The van der Waals surface area contributed by atoms with Crippen molar-refractivity contribution in [2.24, 2.45) is 0 Å². The van der Waals surface area contributed by atoms with Gasteiger partial charge in [-0.25, -0.2) is 0 Å². The van der Waals surface area contributed by atoms with Crippen molar-refractivity contribution in [3.8, 4) is 0 Å². The van der Waals surface area contributed by atoms with E-state index in [4.69, 9.17) is 4.42 Å². The number of furan rings is 1. The van der Waals surface area contributed by atoms with Crippen LogP contribution in [0.4, 0.5) is 0 Å². The molecule has 0 unspecified atom stereocenters. The Morgan fingerprint density at radius 1 is 1.38 bits per heavy atom. The average molecular weight is 257 g/mol. The van der Waals surface area contributed by atoms with Gasteiger partial charge in [0.05, 0.1) is 5.75 Å². The van der Waals surface area contributed by atoms with Crippen molar-refractivity contribution in [3.05, 3.63) is 34.5 Å². The second kappa shape index (κ2) is 3.76. The van der Waals surface area contributed by atoms with Crippen LogP contribution in [0.2, 0.25) is 0 Å². The van der Waals surface area contributed by atoms with E-state index in [2.05, 4.69) is 34.3 Å². The fourth-order valence-electron chi connectivity index (χ4n) is 1.28. The lowest BCUT2D eigenvalue weighted by Gasteiger charge is -1.88. The Kier molecular flexibility index (Phi) is 2.65. The highest BCUT2D eigenvalue weighted by atomic mass is 79.9. The summed E-state index contributed by atoms with van der Waals surface area (Å²) in [5.74, 6) is 1.98. The molecule has 0 aliphatic carbocycles. The van der Waals surface area contributed by atoms with Gasteiger partial charge in [-0.15, -0.1) is 0 Å². The largest absolute Gasteiger partial charge is 0.460 e. The zero-order chi connectivity index (χ0) is 9.26. The summed E-state index contributed by atoms with van der Waals surface area (Å²) in [6, 6.07) is 8.15. The van der Waals surface area contributed by atoms with E-state index < -0.39 is 0 Å². The number of rotatable bonds is 2. The first kappa shape index (κ1) is 9.16. The van der Waals surface area contributed by atoms with Gasteiger partial charge in [-0.05, 0) is 30.5 Å². The first-order chi connectivity index (χ1) is 6.29. The molecule has 13 heavy (non-hydrogen) atoms. The number of hydrogen-bond donors (Lipinski definition) is 0. The number of hydrogen-bond acceptors (Lipinski definition) is 2. The van der Waals surface area contributed by atoms with Gasteiger partial charge in [0.15, 0.2) is 0 Å². The predicted molar refractivity (Wildman–Crippen MR) is 61.1 cm³/mol. The number of fused-ring (bicyclic) bond motifs is 1. The van der Waals surface area contributed by atoms with Crippen LogP contribution in [0, 0.1) is 0 Å². The lowest BCUT2D eigenvalue weighted by molar-refractivity contribution is 0.574. The zero-order valence-corrected chi connectivity index (χ0v) is 9.61. The molecule has 1 aromatic carbocycles. The molecule has 0 fully saturated rings. The Bertz CT molecular complexity index is 422. The van der Waals surface area contributed by atoms with Gasteiger partial charge >= 0.3 is 0 Å². The van der Waals surface area contributed by atoms with Crippen LogP contribution in [-0.4, -0.2) is 6.26 Å². The molecule has 1 aromatic heterocycles. The maximum Gasteiger partial charge on any atom is 0.134 e. The molecule has 0 saturated carbocycles. The van der Waals surface area contributed by atoms with Gasteiger partial charge in [0.1, 0.15) is 11.3 Å². The lowest BCUT2D eigenvalue weighted by atomic mass is 10.2. The maximum atomic E-state index is 5.62. The molecule has 3 heteroatoms. The molecule has 0 amide bonds. The predicted octanol–water partition coefficient (Wildman–Crippen LogP) is 4.06. The Hall–Kier alpha value is -0.410. The maximum absolute atomic E-state index is 5.62. The molecule has 0 saturated heterocycles. The molecular weight excluding hydrogens is 248 g/mol. The summed E-state index contributed by atoms with van der Waals surface area (Å²) in [5, 5.41) is 1.17.